The zero-order chi connectivity index (χ0) is 15.2. The smallest absolute Gasteiger partial charge is 0.251 e. The van der Waals surface area contributed by atoms with E-state index in [0.29, 0.717) is 12.1 Å². The highest BCUT2D eigenvalue weighted by molar-refractivity contribution is 5.94. The molecule has 22 heavy (non-hydrogen) atoms. The minimum atomic E-state index is -0.0146. The quantitative estimate of drug-likeness (QED) is 0.905. The number of hydrogen-bond acceptors (Lipinski definition) is 3. The highest BCUT2D eigenvalue weighted by atomic mass is 16.1. The average Bonchev–Trinajstić information content (AvgIpc) is 2.61. The fourth-order valence-electron chi connectivity index (χ4n) is 2.74. The molecule has 114 valence electrons. The van der Waals surface area contributed by atoms with Gasteiger partial charge in [-0.3, -0.25) is 4.79 Å². The van der Waals surface area contributed by atoms with Crippen LogP contribution in [0.5, 0.6) is 0 Å². The van der Waals surface area contributed by atoms with E-state index in [1.54, 1.807) is 0 Å². The van der Waals surface area contributed by atoms with E-state index in [-0.39, 0.29) is 11.9 Å². The summed E-state index contributed by atoms with van der Waals surface area (Å²) in [6.07, 6.45) is 0. The monoisotopic (exact) mass is 295 g/mol. The number of carbonyl (C=O) groups is 1. The standard InChI is InChI=1S/C18H21N3O/c22-18(15-7-3-1-4-8-15)20-13-16-14-21(12-11-19-16)17-9-5-2-6-10-17/h1-10,16,19H,11-14H2,(H,20,22)/t16-/m0/s1. The molecule has 4 nitrogen and oxygen atoms in total. The van der Waals surface area contributed by atoms with Gasteiger partial charge in [-0.2, -0.15) is 0 Å². The molecule has 1 fully saturated rings. The summed E-state index contributed by atoms with van der Waals surface area (Å²) >= 11 is 0. The van der Waals surface area contributed by atoms with Crippen molar-refractivity contribution in [1.82, 2.24) is 10.6 Å². The number of benzene rings is 2. The van der Waals surface area contributed by atoms with E-state index in [4.69, 9.17) is 0 Å². The molecule has 0 aromatic heterocycles. The normalized spacial score (nSPS) is 18.0. The third-order valence-electron chi connectivity index (χ3n) is 3.92. The van der Waals surface area contributed by atoms with Crippen LogP contribution in [0, 0.1) is 0 Å². The number of amides is 1. The number of rotatable bonds is 4. The van der Waals surface area contributed by atoms with Crippen molar-refractivity contribution in [1.29, 1.82) is 0 Å². The molecule has 3 rings (SSSR count). The lowest BCUT2D eigenvalue weighted by Gasteiger charge is -2.35. The predicted octanol–water partition coefficient (Wildman–Crippen LogP) is 1.89. The summed E-state index contributed by atoms with van der Waals surface area (Å²) in [5.74, 6) is -0.0146. The minimum Gasteiger partial charge on any atom is -0.369 e. The predicted molar refractivity (Wildman–Crippen MR) is 89.2 cm³/mol. The molecule has 2 aromatic carbocycles. The van der Waals surface area contributed by atoms with E-state index >= 15 is 0 Å². The zero-order valence-corrected chi connectivity index (χ0v) is 12.5. The van der Waals surface area contributed by atoms with E-state index in [2.05, 4.69) is 39.8 Å². The molecular formula is C18H21N3O. The highest BCUT2D eigenvalue weighted by Crippen LogP contribution is 2.14. The van der Waals surface area contributed by atoms with Gasteiger partial charge >= 0.3 is 0 Å². The van der Waals surface area contributed by atoms with Gasteiger partial charge < -0.3 is 15.5 Å². The largest absolute Gasteiger partial charge is 0.369 e. The Morgan fingerprint density at radius 2 is 1.77 bits per heavy atom. The van der Waals surface area contributed by atoms with Gasteiger partial charge in [-0.25, -0.2) is 0 Å². The van der Waals surface area contributed by atoms with E-state index in [0.717, 1.165) is 19.6 Å². The van der Waals surface area contributed by atoms with Crippen LogP contribution in [0.3, 0.4) is 0 Å². The molecule has 1 aliphatic rings. The number of carbonyl (C=O) groups excluding carboxylic acids is 1. The average molecular weight is 295 g/mol. The second kappa shape index (κ2) is 7.09. The van der Waals surface area contributed by atoms with E-state index in [9.17, 15) is 4.79 Å². The second-order valence-electron chi connectivity index (χ2n) is 5.51. The number of nitrogens with one attached hydrogen (secondary N) is 2. The van der Waals surface area contributed by atoms with Gasteiger partial charge in [0.25, 0.3) is 5.91 Å². The van der Waals surface area contributed by atoms with E-state index < -0.39 is 0 Å². The molecule has 0 spiro atoms. The first-order chi connectivity index (χ1) is 10.8. The van der Waals surface area contributed by atoms with Gasteiger partial charge in [-0.05, 0) is 24.3 Å². The molecule has 1 aliphatic heterocycles. The van der Waals surface area contributed by atoms with Gasteiger partial charge in [0.05, 0.1) is 0 Å². The molecule has 2 aromatic rings. The SMILES string of the molecule is O=C(NC[C@H]1CN(c2ccccc2)CCN1)c1ccccc1. The van der Waals surface area contributed by atoms with Crippen molar-refractivity contribution in [3.8, 4) is 0 Å². The molecule has 1 saturated heterocycles. The van der Waals surface area contributed by atoms with Crippen LogP contribution in [-0.2, 0) is 0 Å². The summed E-state index contributed by atoms with van der Waals surface area (Å²) in [6, 6.07) is 20.0. The van der Waals surface area contributed by atoms with Crippen LogP contribution in [0.2, 0.25) is 0 Å². The lowest BCUT2D eigenvalue weighted by molar-refractivity contribution is 0.0949. The zero-order valence-electron chi connectivity index (χ0n) is 12.5. The first-order valence-electron chi connectivity index (χ1n) is 7.69. The maximum Gasteiger partial charge on any atom is 0.251 e. The fraction of sp³-hybridized carbons (Fsp3) is 0.278. The number of anilines is 1. The number of nitrogens with zero attached hydrogens (tertiary/aromatic N) is 1. The van der Waals surface area contributed by atoms with Crippen LogP contribution in [-0.4, -0.2) is 38.1 Å². The molecule has 0 bridgehead atoms. The summed E-state index contributed by atoms with van der Waals surface area (Å²) in [5, 5.41) is 6.48. The van der Waals surface area contributed by atoms with E-state index in [1.807, 2.05) is 36.4 Å². The van der Waals surface area contributed by atoms with Crippen LogP contribution in [0.15, 0.2) is 60.7 Å². The summed E-state index contributed by atoms with van der Waals surface area (Å²) < 4.78 is 0. The molecule has 0 saturated carbocycles. The molecule has 0 unspecified atom stereocenters. The molecule has 1 amide bonds. The molecule has 2 N–H and O–H groups in total. The Kier molecular flexibility index (Phi) is 4.71. The van der Waals surface area contributed by atoms with Crippen molar-refractivity contribution in [2.45, 2.75) is 6.04 Å². The van der Waals surface area contributed by atoms with Crippen molar-refractivity contribution in [3.63, 3.8) is 0 Å². The summed E-state index contributed by atoms with van der Waals surface area (Å²) in [4.78, 5) is 14.4. The van der Waals surface area contributed by atoms with Crippen LogP contribution in [0.1, 0.15) is 10.4 Å². The van der Waals surface area contributed by atoms with Gasteiger partial charge in [0.15, 0.2) is 0 Å². The first kappa shape index (κ1) is 14.6. The Morgan fingerprint density at radius 3 is 2.50 bits per heavy atom. The van der Waals surface area contributed by atoms with Gasteiger partial charge in [-0.15, -0.1) is 0 Å². The van der Waals surface area contributed by atoms with Crippen molar-refractivity contribution < 1.29 is 4.79 Å². The number of hydrogen-bond donors (Lipinski definition) is 2. The maximum atomic E-state index is 12.1. The van der Waals surface area contributed by atoms with Crippen LogP contribution in [0.25, 0.3) is 0 Å². The highest BCUT2D eigenvalue weighted by Gasteiger charge is 2.20. The van der Waals surface area contributed by atoms with E-state index in [1.165, 1.54) is 5.69 Å². The van der Waals surface area contributed by atoms with Crippen LogP contribution < -0.4 is 15.5 Å². The van der Waals surface area contributed by atoms with Gasteiger partial charge in [-0.1, -0.05) is 36.4 Å². The van der Waals surface area contributed by atoms with Gasteiger partial charge in [0.2, 0.25) is 0 Å². The van der Waals surface area contributed by atoms with Crippen LogP contribution >= 0.6 is 0 Å². The molecular weight excluding hydrogens is 274 g/mol. The maximum absolute atomic E-state index is 12.1. The van der Waals surface area contributed by atoms with Crippen molar-refractivity contribution >= 4 is 11.6 Å². The third-order valence-corrected chi connectivity index (χ3v) is 3.92. The van der Waals surface area contributed by atoms with Crippen LogP contribution in [0.4, 0.5) is 5.69 Å². The van der Waals surface area contributed by atoms with Crippen molar-refractivity contribution in [2.24, 2.45) is 0 Å². The Bertz CT molecular complexity index is 600. The Balaban J connectivity index is 1.54. The Labute approximate surface area is 131 Å². The summed E-state index contributed by atoms with van der Waals surface area (Å²) in [5.41, 5.74) is 1.95. The second-order valence-corrected chi connectivity index (χ2v) is 5.51. The molecule has 1 heterocycles. The molecule has 0 aliphatic carbocycles. The molecule has 1 atom stereocenters. The Morgan fingerprint density at radius 1 is 1.09 bits per heavy atom. The topological polar surface area (TPSA) is 44.4 Å². The molecule has 4 heteroatoms. The van der Waals surface area contributed by atoms with Crippen molar-refractivity contribution in [2.75, 3.05) is 31.1 Å². The summed E-state index contributed by atoms with van der Waals surface area (Å²) in [6.45, 7) is 3.46. The minimum absolute atomic E-state index is 0.0146. The fourth-order valence-corrected chi connectivity index (χ4v) is 2.74. The third kappa shape index (κ3) is 3.65. The lowest BCUT2D eigenvalue weighted by atomic mass is 10.1. The van der Waals surface area contributed by atoms with Gasteiger partial charge in [0.1, 0.15) is 0 Å². The Hall–Kier alpha value is -2.33. The lowest BCUT2D eigenvalue weighted by Crippen LogP contribution is -2.55. The molecule has 0 radical (unpaired) electrons. The van der Waals surface area contributed by atoms with Gasteiger partial charge in [0, 0.05) is 43.5 Å². The first-order valence-corrected chi connectivity index (χ1v) is 7.69. The summed E-state index contributed by atoms with van der Waals surface area (Å²) in [7, 11) is 0. The van der Waals surface area contributed by atoms with Crippen molar-refractivity contribution in [3.05, 3.63) is 66.2 Å². The number of para-hydroxylation sites is 1. The number of piperazine rings is 1.